The lowest BCUT2D eigenvalue weighted by atomic mass is 10.2. The summed E-state index contributed by atoms with van der Waals surface area (Å²) in [5.41, 5.74) is 6.26. The Hall–Kier alpha value is -0.660. The molecule has 0 saturated carbocycles. The number of nitrogens with zero attached hydrogens (tertiary/aromatic N) is 1. The van der Waals surface area contributed by atoms with Crippen LogP contribution in [0.15, 0.2) is 23.1 Å². The zero-order chi connectivity index (χ0) is 14.5. The maximum absolute atomic E-state index is 12.5. The van der Waals surface area contributed by atoms with E-state index in [-0.39, 0.29) is 16.5 Å². The Labute approximate surface area is 119 Å². The first kappa shape index (κ1) is 16.4. The van der Waals surface area contributed by atoms with Crippen molar-refractivity contribution in [2.75, 3.05) is 26.8 Å². The third-order valence-electron chi connectivity index (χ3n) is 2.75. The van der Waals surface area contributed by atoms with E-state index in [0.29, 0.717) is 19.7 Å². The number of halogens is 1. The van der Waals surface area contributed by atoms with Gasteiger partial charge in [-0.25, -0.2) is 8.42 Å². The Bertz CT molecular complexity index is 520. The van der Waals surface area contributed by atoms with Gasteiger partial charge in [0.25, 0.3) is 0 Å². The summed E-state index contributed by atoms with van der Waals surface area (Å²) in [6.07, 6.45) is 0. The van der Waals surface area contributed by atoms with Gasteiger partial charge in [-0.05, 0) is 17.7 Å². The van der Waals surface area contributed by atoms with E-state index in [2.05, 4.69) is 0 Å². The van der Waals surface area contributed by atoms with E-state index in [9.17, 15) is 8.42 Å². The molecule has 108 valence electrons. The van der Waals surface area contributed by atoms with Crippen LogP contribution < -0.4 is 5.73 Å². The molecule has 0 amide bonds. The van der Waals surface area contributed by atoms with Gasteiger partial charge in [-0.2, -0.15) is 4.31 Å². The molecule has 0 aliphatic rings. The van der Waals surface area contributed by atoms with E-state index in [1.165, 1.54) is 17.5 Å². The van der Waals surface area contributed by atoms with Crippen LogP contribution in [-0.2, 0) is 21.3 Å². The monoisotopic (exact) mass is 306 g/mol. The second-order valence-corrected chi connectivity index (χ2v) is 6.27. The first-order valence-corrected chi connectivity index (χ1v) is 7.76. The highest BCUT2D eigenvalue weighted by Gasteiger charge is 2.25. The minimum Gasteiger partial charge on any atom is -0.383 e. The van der Waals surface area contributed by atoms with Crippen LogP contribution in [0.4, 0.5) is 0 Å². The van der Waals surface area contributed by atoms with Gasteiger partial charge in [0.05, 0.1) is 11.6 Å². The second-order valence-electron chi connectivity index (χ2n) is 3.96. The lowest BCUT2D eigenvalue weighted by Crippen LogP contribution is -2.34. The molecule has 0 saturated heterocycles. The van der Waals surface area contributed by atoms with Gasteiger partial charge in [-0.1, -0.05) is 24.6 Å². The number of ether oxygens (including phenoxy) is 1. The van der Waals surface area contributed by atoms with Crippen molar-refractivity contribution in [2.45, 2.75) is 18.4 Å². The number of hydrogen-bond donors (Lipinski definition) is 1. The molecule has 0 aliphatic heterocycles. The van der Waals surface area contributed by atoms with Gasteiger partial charge < -0.3 is 10.5 Å². The number of rotatable bonds is 7. The summed E-state index contributed by atoms with van der Waals surface area (Å²) < 4.78 is 31.3. The minimum atomic E-state index is -3.62. The zero-order valence-corrected chi connectivity index (χ0v) is 12.7. The molecule has 1 aromatic carbocycles. The first-order valence-electron chi connectivity index (χ1n) is 5.95. The number of nitrogens with two attached hydrogens (primary N) is 1. The summed E-state index contributed by atoms with van der Waals surface area (Å²) >= 11 is 5.99. The Kier molecular flexibility index (Phi) is 6.22. The van der Waals surface area contributed by atoms with Crippen LogP contribution in [0.25, 0.3) is 0 Å². The molecule has 0 heterocycles. The van der Waals surface area contributed by atoms with Gasteiger partial charge in [0.1, 0.15) is 4.90 Å². The van der Waals surface area contributed by atoms with Crippen molar-refractivity contribution in [1.29, 1.82) is 0 Å². The van der Waals surface area contributed by atoms with Gasteiger partial charge in [0.2, 0.25) is 10.0 Å². The van der Waals surface area contributed by atoms with E-state index in [4.69, 9.17) is 22.1 Å². The highest BCUT2D eigenvalue weighted by Crippen LogP contribution is 2.25. The van der Waals surface area contributed by atoms with Crippen LogP contribution in [0.3, 0.4) is 0 Å². The number of likely N-dealkylation sites (N-methyl/N-ethyl adjacent to an activating group) is 1. The fourth-order valence-electron chi connectivity index (χ4n) is 1.65. The third-order valence-corrected chi connectivity index (χ3v) is 5.20. The molecule has 0 aliphatic carbocycles. The van der Waals surface area contributed by atoms with Crippen molar-refractivity contribution in [2.24, 2.45) is 5.73 Å². The van der Waals surface area contributed by atoms with Crippen LogP contribution in [0, 0.1) is 0 Å². The summed E-state index contributed by atoms with van der Waals surface area (Å²) in [6, 6.07) is 4.79. The average Bonchev–Trinajstić information content (AvgIpc) is 2.39. The highest BCUT2D eigenvalue weighted by atomic mass is 35.5. The van der Waals surface area contributed by atoms with Crippen LogP contribution in [0.5, 0.6) is 0 Å². The standard InChI is InChI=1S/C12H19ClN2O3S/c1-3-15(6-7-18-2)19(16,17)12-8-10(9-14)4-5-11(12)13/h4-5,8H,3,6-7,9,14H2,1-2H3. The number of methoxy groups -OCH3 is 1. The van der Waals surface area contributed by atoms with E-state index in [1.807, 2.05) is 0 Å². The number of sulfonamides is 1. The van der Waals surface area contributed by atoms with Crippen molar-refractivity contribution >= 4 is 21.6 Å². The molecule has 0 atom stereocenters. The van der Waals surface area contributed by atoms with Gasteiger partial charge >= 0.3 is 0 Å². The maximum atomic E-state index is 12.5. The van der Waals surface area contributed by atoms with Crippen molar-refractivity contribution in [3.05, 3.63) is 28.8 Å². The molecule has 5 nitrogen and oxygen atoms in total. The van der Waals surface area contributed by atoms with E-state index in [0.717, 1.165) is 5.56 Å². The molecule has 1 aromatic rings. The molecule has 0 unspecified atom stereocenters. The molecular weight excluding hydrogens is 288 g/mol. The lowest BCUT2D eigenvalue weighted by molar-refractivity contribution is 0.180. The highest BCUT2D eigenvalue weighted by molar-refractivity contribution is 7.89. The molecule has 0 spiro atoms. The normalized spacial score (nSPS) is 12.1. The molecule has 1 rings (SSSR count). The molecule has 19 heavy (non-hydrogen) atoms. The summed E-state index contributed by atoms with van der Waals surface area (Å²) in [5.74, 6) is 0. The molecule has 0 aromatic heterocycles. The molecule has 7 heteroatoms. The number of hydrogen-bond acceptors (Lipinski definition) is 4. The van der Waals surface area contributed by atoms with Crippen LogP contribution in [0.1, 0.15) is 12.5 Å². The topological polar surface area (TPSA) is 72.6 Å². The molecule has 0 radical (unpaired) electrons. The van der Waals surface area contributed by atoms with Crippen LogP contribution in [0.2, 0.25) is 5.02 Å². The quantitative estimate of drug-likeness (QED) is 0.827. The Morgan fingerprint density at radius 1 is 1.42 bits per heavy atom. The summed E-state index contributed by atoms with van der Waals surface area (Å²) in [4.78, 5) is 0.0927. The molecule has 2 N–H and O–H groups in total. The summed E-state index contributed by atoms with van der Waals surface area (Å²) in [7, 11) is -2.09. The van der Waals surface area contributed by atoms with E-state index >= 15 is 0 Å². The predicted octanol–water partition coefficient (Wildman–Crippen LogP) is 1.46. The van der Waals surface area contributed by atoms with Crippen LogP contribution in [-0.4, -0.2) is 39.5 Å². The SMILES string of the molecule is CCN(CCOC)S(=O)(=O)c1cc(CN)ccc1Cl. The Morgan fingerprint density at radius 3 is 2.63 bits per heavy atom. The zero-order valence-electron chi connectivity index (χ0n) is 11.1. The fraction of sp³-hybridized carbons (Fsp3) is 0.500. The van der Waals surface area contributed by atoms with Crippen molar-refractivity contribution < 1.29 is 13.2 Å². The van der Waals surface area contributed by atoms with Crippen molar-refractivity contribution in [1.82, 2.24) is 4.31 Å². The van der Waals surface area contributed by atoms with E-state index in [1.54, 1.807) is 19.1 Å². The van der Waals surface area contributed by atoms with Gasteiger partial charge in [0, 0.05) is 26.7 Å². The molecular formula is C12H19ClN2O3S. The third kappa shape index (κ3) is 3.90. The van der Waals surface area contributed by atoms with Gasteiger partial charge in [-0.3, -0.25) is 0 Å². The predicted molar refractivity (Wildman–Crippen MR) is 75.7 cm³/mol. The largest absolute Gasteiger partial charge is 0.383 e. The van der Waals surface area contributed by atoms with E-state index < -0.39 is 10.0 Å². The van der Waals surface area contributed by atoms with Gasteiger partial charge in [-0.15, -0.1) is 0 Å². The molecule has 0 fully saturated rings. The summed E-state index contributed by atoms with van der Waals surface area (Å²) in [6.45, 7) is 3.02. The minimum absolute atomic E-state index is 0.0927. The average molecular weight is 307 g/mol. The summed E-state index contributed by atoms with van der Waals surface area (Å²) in [5, 5.41) is 0.202. The van der Waals surface area contributed by atoms with Crippen LogP contribution >= 0.6 is 11.6 Å². The van der Waals surface area contributed by atoms with Gasteiger partial charge in [0.15, 0.2) is 0 Å². The van der Waals surface area contributed by atoms with Crippen molar-refractivity contribution in [3.63, 3.8) is 0 Å². The second kappa shape index (κ2) is 7.21. The lowest BCUT2D eigenvalue weighted by Gasteiger charge is -2.21. The van der Waals surface area contributed by atoms with Crippen molar-refractivity contribution in [3.8, 4) is 0 Å². The smallest absolute Gasteiger partial charge is 0.244 e. The Morgan fingerprint density at radius 2 is 2.11 bits per heavy atom. The molecule has 0 bridgehead atoms. The maximum Gasteiger partial charge on any atom is 0.244 e. The first-order chi connectivity index (χ1) is 8.97. The Balaban J connectivity index is 3.17. The number of benzene rings is 1. The fourth-order valence-corrected chi connectivity index (χ4v) is 3.61.